The molecule has 2 fully saturated rings. The van der Waals surface area contributed by atoms with Crippen LogP contribution in [0.25, 0.3) is 5.82 Å². The molecule has 2 atom stereocenters. The molecule has 8 heteroatoms. The highest BCUT2D eigenvalue weighted by molar-refractivity contribution is 5.95. The van der Waals surface area contributed by atoms with Crippen LogP contribution in [0.3, 0.4) is 0 Å². The van der Waals surface area contributed by atoms with Gasteiger partial charge in [0.1, 0.15) is 0 Å². The van der Waals surface area contributed by atoms with Crippen LogP contribution in [0.5, 0.6) is 0 Å². The van der Waals surface area contributed by atoms with Gasteiger partial charge >= 0.3 is 0 Å². The molecule has 2 saturated carbocycles. The zero-order valence-electron chi connectivity index (χ0n) is 15.1. The summed E-state index contributed by atoms with van der Waals surface area (Å²) < 4.78 is 2.38. The highest BCUT2D eigenvalue weighted by Gasteiger charge is 2.46. The van der Waals surface area contributed by atoms with Crippen molar-refractivity contribution in [3.63, 3.8) is 0 Å². The lowest BCUT2D eigenvalue weighted by Gasteiger charge is -2.31. The number of fused-ring (bicyclic) bond motifs is 3. The number of aliphatic hydroxyl groups is 1. The minimum atomic E-state index is -0.533. The number of nitrogens with zero attached hydrogens (tertiary/aromatic N) is 4. The average molecular weight is 369 g/mol. The van der Waals surface area contributed by atoms with Crippen LogP contribution in [0.15, 0.2) is 18.6 Å². The normalized spacial score (nSPS) is 24.9. The molecule has 2 aromatic heterocycles. The van der Waals surface area contributed by atoms with Crippen molar-refractivity contribution in [2.75, 3.05) is 6.61 Å². The summed E-state index contributed by atoms with van der Waals surface area (Å²) in [5.74, 6) is 1.15. The second kappa shape index (κ2) is 6.02. The molecule has 3 aliphatic carbocycles. The fraction of sp³-hybridized carbons (Fsp3) is 0.579. The summed E-state index contributed by atoms with van der Waals surface area (Å²) in [5, 5.41) is 29.2. The first kappa shape index (κ1) is 16.7. The molecule has 3 aliphatic rings. The first-order valence-electron chi connectivity index (χ1n) is 9.70. The molecule has 5 rings (SSSR count). The van der Waals surface area contributed by atoms with E-state index in [-0.39, 0.29) is 12.5 Å². The molecule has 27 heavy (non-hydrogen) atoms. The third kappa shape index (κ3) is 2.54. The number of hydrogen-bond acceptors (Lipinski definition) is 5. The maximum absolute atomic E-state index is 13.1. The molecule has 142 valence electrons. The highest BCUT2D eigenvalue weighted by Crippen LogP contribution is 2.52. The van der Waals surface area contributed by atoms with Gasteiger partial charge in [-0.15, -0.1) is 0 Å². The predicted molar refractivity (Wildman–Crippen MR) is 95.2 cm³/mol. The molecule has 2 unspecified atom stereocenters. The van der Waals surface area contributed by atoms with Gasteiger partial charge in [0, 0.05) is 11.5 Å². The van der Waals surface area contributed by atoms with Gasteiger partial charge in [-0.1, -0.05) is 12.8 Å². The maximum atomic E-state index is 13.1. The number of nitrogens with one attached hydrogen (secondary N) is 1. The highest BCUT2D eigenvalue weighted by atomic mass is 16.5. The molecule has 0 saturated heterocycles. The van der Waals surface area contributed by atoms with E-state index in [0.29, 0.717) is 28.1 Å². The van der Waals surface area contributed by atoms with Crippen LogP contribution in [0, 0.1) is 11.1 Å². The van der Waals surface area contributed by atoms with E-state index in [9.17, 15) is 15.1 Å². The number of rotatable bonds is 4. The smallest absolute Gasteiger partial charge is 0.272 e. The Kier molecular flexibility index (Phi) is 3.72. The van der Waals surface area contributed by atoms with Gasteiger partial charge in [-0.3, -0.25) is 4.79 Å². The van der Waals surface area contributed by atoms with Gasteiger partial charge in [0.05, 0.1) is 24.0 Å². The summed E-state index contributed by atoms with van der Waals surface area (Å²) >= 11 is 0. The topological polar surface area (TPSA) is 107 Å². The summed E-state index contributed by atoms with van der Waals surface area (Å²) in [6.45, 7) is -0.0523. The van der Waals surface area contributed by atoms with E-state index in [1.165, 1.54) is 18.6 Å². The number of amides is 1. The van der Waals surface area contributed by atoms with Crippen LogP contribution in [0.1, 0.15) is 66.2 Å². The second-order valence-electron chi connectivity index (χ2n) is 8.15. The zero-order valence-corrected chi connectivity index (χ0v) is 15.1. The predicted octanol–water partition coefficient (Wildman–Crippen LogP) is 0.985. The second-order valence-corrected chi connectivity index (χ2v) is 8.15. The maximum Gasteiger partial charge on any atom is 0.272 e. The van der Waals surface area contributed by atoms with Crippen LogP contribution >= 0.6 is 0 Å². The van der Waals surface area contributed by atoms with Crippen LogP contribution in [0.4, 0.5) is 0 Å². The Balaban J connectivity index is 1.55. The minimum Gasteiger partial charge on any atom is -0.619 e. The first-order chi connectivity index (χ1) is 13.1. The lowest BCUT2D eigenvalue weighted by molar-refractivity contribution is -0.605. The summed E-state index contributed by atoms with van der Waals surface area (Å²) in [7, 11) is 0. The largest absolute Gasteiger partial charge is 0.619 e. The van der Waals surface area contributed by atoms with Crippen molar-refractivity contribution in [3.8, 4) is 5.82 Å². The number of carbonyl (C=O) groups excluding carboxylic acids is 1. The SMILES string of the molecule is O=C(NC1(CO)CCCC1)c1nn(-c2c[n+]([O-])ccn2)c2c1CC1CCC21. The molecular weight excluding hydrogens is 346 g/mol. The van der Waals surface area contributed by atoms with Crippen molar-refractivity contribution in [1.82, 2.24) is 20.1 Å². The first-order valence-corrected chi connectivity index (χ1v) is 9.70. The third-order valence-corrected chi connectivity index (χ3v) is 6.60. The van der Waals surface area contributed by atoms with Crippen molar-refractivity contribution in [1.29, 1.82) is 0 Å². The number of hydrogen-bond donors (Lipinski definition) is 2. The summed E-state index contributed by atoms with van der Waals surface area (Å²) in [4.78, 5) is 17.4. The van der Waals surface area contributed by atoms with Crippen molar-refractivity contribution in [2.24, 2.45) is 5.92 Å². The van der Waals surface area contributed by atoms with E-state index in [1.807, 2.05) is 0 Å². The van der Waals surface area contributed by atoms with Gasteiger partial charge in [0.2, 0.25) is 12.0 Å². The molecular formula is C19H23N5O3. The number of aromatic nitrogens is 4. The standard InChI is InChI=1S/C19H23N5O3/c25-11-19(5-1-2-6-19)21-18(26)16-14-9-12-3-4-13(12)17(14)24(22-16)15-10-23(27)8-7-20-15/h7-8,10,12-13,25H,1-6,9,11H2,(H,21,26). The van der Waals surface area contributed by atoms with E-state index >= 15 is 0 Å². The lowest BCUT2D eigenvalue weighted by Crippen LogP contribution is -2.49. The molecule has 2 heterocycles. The van der Waals surface area contributed by atoms with Crippen molar-refractivity contribution in [2.45, 2.75) is 56.4 Å². The Morgan fingerprint density at radius 2 is 2.22 bits per heavy atom. The Morgan fingerprint density at radius 3 is 2.89 bits per heavy atom. The molecule has 2 aromatic rings. The molecule has 0 spiro atoms. The minimum absolute atomic E-state index is 0.0523. The van der Waals surface area contributed by atoms with Gasteiger partial charge in [0.25, 0.3) is 5.91 Å². The van der Waals surface area contributed by atoms with Crippen molar-refractivity contribution in [3.05, 3.63) is 40.7 Å². The van der Waals surface area contributed by atoms with Gasteiger partial charge in [0.15, 0.2) is 11.9 Å². The molecule has 8 nitrogen and oxygen atoms in total. The summed E-state index contributed by atoms with van der Waals surface area (Å²) in [6.07, 6.45) is 10.8. The van der Waals surface area contributed by atoms with Gasteiger partial charge < -0.3 is 15.6 Å². The van der Waals surface area contributed by atoms with E-state index in [1.54, 1.807) is 4.68 Å². The van der Waals surface area contributed by atoms with Crippen molar-refractivity contribution >= 4 is 5.91 Å². The molecule has 0 aromatic carbocycles. The number of carbonyl (C=O) groups is 1. The van der Waals surface area contributed by atoms with Gasteiger partial charge in [-0.25, -0.2) is 9.67 Å². The molecule has 0 aliphatic heterocycles. The van der Waals surface area contributed by atoms with E-state index in [4.69, 9.17) is 0 Å². The average Bonchev–Trinajstić information content (AvgIpc) is 3.30. The summed E-state index contributed by atoms with van der Waals surface area (Å²) in [6, 6.07) is 0. The van der Waals surface area contributed by atoms with E-state index in [0.717, 1.165) is 56.2 Å². The zero-order chi connectivity index (χ0) is 18.6. The molecule has 0 bridgehead atoms. The van der Waals surface area contributed by atoms with Crippen LogP contribution in [-0.2, 0) is 6.42 Å². The number of aliphatic hydroxyl groups excluding tert-OH is 1. The fourth-order valence-corrected chi connectivity index (χ4v) is 4.99. The third-order valence-electron chi connectivity index (χ3n) is 6.60. The van der Waals surface area contributed by atoms with Gasteiger partial charge in [-0.2, -0.15) is 9.83 Å². The Hall–Kier alpha value is -2.48. The Bertz CT molecular complexity index is 903. The van der Waals surface area contributed by atoms with E-state index < -0.39 is 5.54 Å². The molecule has 1 amide bonds. The van der Waals surface area contributed by atoms with Crippen LogP contribution < -0.4 is 10.0 Å². The quantitative estimate of drug-likeness (QED) is 0.617. The molecule has 0 radical (unpaired) electrons. The summed E-state index contributed by atoms with van der Waals surface area (Å²) in [5.41, 5.74) is 1.89. The fourth-order valence-electron chi connectivity index (χ4n) is 4.99. The van der Waals surface area contributed by atoms with Crippen molar-refractivity contribution < 1.29 is 14.6 Å². The van der Waals surface area contributed by atoms with E-state index in [2.05, 4.69) is 15.4 Å². The monoisotopic (exact) mass is 369 g/mol. The van der Waals surface area contributed by atoms with Gasteiger partial charge in [-0.05, 0) is 38.0 Å². The Labute approximate surface area is 156 Å². The van der Waals surface area contributed by atoms with Crippen LogP contribution in [0.2, 0.25) is 0 Å². The lowest BCUT2D eigenvalue weighted by atomic mass is 9.75. The molecule has 2 N–H and O–H groups in total. The Morgan fingerprint density at radius 1 is 1.41 bits per heavy atom. The van der Waals surface area contributed by atoms with Crippen LogP contribution in [-0.4, -0.2) is 37.9 Å².